The Morgan fingerprint density at radius 2 is 2.28 bits per heavy atom. The summed E-state index contributed by atoms with van der Waals surface area (Å²) >= 11 is 0. The van der Waals surface area contributed by atoms with Gasteiger partial charge in [-0.3, -0.25) is 9.48 Å². The van der Waals surface area contributed by atoms with Crippen LogP contribution in [0.3, 0.4) is 0 Å². The molecule has 0 aliphatic heterocycles. The predicted octanol–water partition coefficient (Wildman–Crippen LogP) is 0.915. The van der Waals surface area contributed by atoms with E-state index in [-0.39, 0.29) is 17.3 Å². The molecule has 0 bridgehead atoms. The van der Waals surface area contributed by atoms with Gasteiger partial charge < -0.3 is 5.73 Å². The van der Waals surface area contributed by atoms with Crippen LogP contribution in [-0.2, 0) is 6.54 Å². The fourth-order valence-electron chi connectivity index (χ4n) is 1.66. The van der Waals surface area contributed by atoms with E-state index in [0.29, 0.717) is 24.2 Å². The molecule has 1 aromatic carbocycles. The van der Waals surface area contributed by atoms with E-state index in [1.807, 2.05) is 0 Å². The van der Waals surface area contributed by atoms with Gasteiger partial charge in [-0.15, -0.1) is 5.10 Å². The molecular weight excluding hydrogens is 235 g/mol. The highest BCUT2D eigenvalue weighted by molar-refractivity contribution is 6.08. The molecular formula is C12H13FN4O. The fourth-order valence-corrected chi connectivity index (χ4v) is 1.66. The summed E-state index contributed by atoms with van der Waals surface area (Å²) < 4.78 is 14.5. The molecule has 0 unspecified atom stereocenters. The molecule has 0 amide bonds. The van der Waals surface area contributed by atoms with Crippen molar-refractivity contribution in [1.82, 2.24) is 15.0 Å². The van der Waals surface area contributed by atoms with Crippen molar-refractivity contribution in [1.29, 1.82) is 0 Å². The Balaban J connectivity index is 2.29. The molecule has 0 spiro atoms. The number of nitrogens with two attached hydrogens (primary N) is 1. The lowest BCUT2D eigenvalue weighted by Gasteiger charge is -2.02. The third-order valence-corrected chi connectivity index (χ3v) is 2.56. The Bertz CT molecular complexity index is 579. The summed E-state index contributed by atoms with van der Waals surface area (Å²) in [6.45, 7) is 2.61. The lowest BCUT2D eigenvalue weighted by molar-refractivity contribution is 0.103. The van der Waals surface area contributed by atoms with Crippen molar-refractivity contribution in [3.63, 3.8) is 0 Å². The second-order valence-corrected chi connectivity index (χ2v) is 3.94. The monoisotopic (exact) mass is 248 g/mol. The van der Waals surface area contributed by atoms with Crippen LogP contribution in [-0.4, -0.2) is 27.3 Å². The quantitative estimate of drug-likeness (QED) is 0.816. The number of carbonyl (C=O) groups excluding carboxylic acids is 1. The van der Waals surface area contributed by atoms with Crippen molar-refractivity contribution in [3.8, 4) is 0 Å². The van der Waals surface area contributed by atoms with Crippen molar-refractivity contribution >= 4 is 5.78 Å². The highest BCUT2D eigenvalue weighted by atomic mass is 19.1. The van der Waals surface area contributed by atoms with Crippen LogP contribution >= 0.6 is 0 Å². The number of halogens is 1. The minimum atomic E-state index is -0.365. The van der Waals surface area contributed by atoms with Crippen LogP contribution in [0.5, 0.6) is 0 Å². The van der Waals surface area contributed by atoms with Gasteiger partial charge >= 0.3 is 0 Å². The summed E-state index contributed by atoms with van der Waals surface area (Å²) in [7, 11) is 0. The van der Waals surface area contributed by atoms with E-state index < -0.39 is 0 Å². The van der Waals surface area contributed by atoms with Crippen molar-refractivity contribution in [2.75, 3.05) is 6.54 Å². The van der Waals surface area contributed by atoms with E-state index in [1.165, 1.54) is 29.1 Å². The molecule has 18 heavy (non-hydrogen) atoms. The summed E-state index contributed by atoms with van der Waals surface area (Å²) in [5, 5.41) is 7.58. The Hall–Kier alpha value is -2.08. The number of hydrogen-bond acceptors (Lipinski definition) is 4. The molecule has 0 saturated carbocycles. The largest absolute Gasteiger partial charge is 0.329 e. The average molecular weight is 248 g/mol. The Kier molecular flexibility index (Phi) is 3.47. The van der Waals surface area contributed by atoms with E-state index >= 15 is 0 Å². The number of rotatable bonds is 4. The van der Waals surface area contributed by atoms with Crippen LogP contribution in [0.4, 0.5) is 4.39 Å². The van der Waals surface area contributed by atoms with Gasteiger partial charge in [0.05, 0.1) is 12.7 Å². The first-order valence-electron chi connectivity index (χ1n) is 5.53. The molecule has 0 atom stereocenters. The molecule has 0 aliphatic carbocycles. The van der Waals surface area contributed by atoms with E-state index in [2.05, 4.69) is 10.3 Å². The maximum Gasteiger partial charge on any atom is 0.215 e. The zero-order valence-corrected chi connectivity index (χ0v) is 9.93. The Morgan fingerprint density at radius 3 is 2.94 bits per heavy atom. The molecule has 2 rings (SSSR count). The lowest BCUT2D eigenvalue weighted by atomic mass is 10.0. The van der Waals surface area contributed by atoms with E-state index in [1.54, 1.807) is 6.92 Å². The first-order chi connectivity index (χ1) is 8.61. The van der Waals surface area contributed by atoms with Crippen LogP contribution in [0.2, 0.25) is 0 Å². The number of ketones is 1. The van der Waals surface area contributed by atoms with Gasteiger partial charge in [-0.25, -0.2) is 4.39 Å². The third-order valence-electron chi connectivity index (χ3n) is 2.56. The van der Waals surface area contributed by atoms with Gasteiger partial charge in [-0.2, -0.15) is 0 Å². The van der Waals surface area contributed by atoms with Gasteiger partial charge in [0.2, 0.25) is 5.78 Å². The second kappa shape index (κ2) is 5.05. The van der Waals surface area contributed by atoms with Gasteiger partial charge in [-0.05, 0) is 30.7 Å². The van der Waals surface area contributed by atoms with Crippen molar-refractivity contribution in [2.45, 2.75) is 13.5 Å². The fraction of sp³-hybridized carbons (Fsp3) is 0.250. The van der Waals surface area contributed by atoms with Crippen LogP contribution in [0.1, 0.15) is 21.6 Å². The normalized spacial score (nSPS) is 10.6. The third kappa shape index (κ3) is 2.43. The minimum Gasteiger partial charge on any atom is -0.329 e. The van der Waals surface area contributed by atoms with Crippen LogP contribution in [0, 0.1) is 12.7 Å². The molecule has 94 valence electrons. The average Bonchev–Trinajstić information content (AvgIpc) is 2.77. The van der Waals surface area contributed by atoms with Crippen molar-refractivity contribution in [2.24, 2.45) is 5.73 Å². The first kappa shape index (κ1) is 12.4. The molecule has 5 nitrogen and oxygen atoms in total. The number of hydrogen-bond donors (Lipinski definition) is 1. The number of aromatic nitrogens is 3. The Morgan fingerprint density at radius 1 is 1.50 bits per heavy atom. The summed E-state index contributed by atoms with van der Waals surface area (Å²) in [5.74, 6) is -0.633. The van der Waals surface area contributed by atoms with Gasteiger partial charge in [0.15, 0.2) is 5.69 Å². The topological polar surface area (TPSA) is 73.8 Å². The number of nitrogens with zero attached hydrogens (tertiary/aromatic N) is 3. The maximum absolute atomic E-state index is 13.0. The van der Waals surface area contributed by atoms with Crippen LogP contribution in [0.25, 0.3) is 0 Å². The molecule has 2 aromatic rings. The highest BCUT2D eigenvalue weighted by Gasteiger charge is 2.15. The summed E-state index contributed by atoms with van der Waals surface area (Å²) in [6.07, 6.45) is 1.54. The van der Waals surface area contributed by atoms with Gasteiger partial charge in [0, 0.05) is 12.1 Å². The first-order valence-corrected chi connectivity index (χ1v) is 5.53. The molecule has 0 radical (unpaired) electrons. The zero-order valence-electron chi connectivity index (χ0n) is 9.93. The summed E-state index contributed by atoms with van der Waals surface area (Å²) in [5.41, 5.74) is 6.62. The predicted molar refractivity (Wildman–Crippen MR) is 63.6 cm³/mol. The van der Waals surface area contributed by atoms with E-state index in [0.717, 1.165) is 0 Å². The smallest absolute Gasteiger partial charge is 0.215 e. The minimum absolute atomic E-state index is 0.234. The SMILES string of the molecule is Cc1cc(F)ccc1C(=O)c1cn(CCN)nn1. The van der Waals surface area contributed by atoms with Crippen LogP contribution in [0.15, 0.2) is 24.4 Å². The van der Waals surface area contributed by atoms with Crippen molar-refractivity contribution < 1.29 is 9.18 Å². The number of aryl methyl sites for hydroxylation is 1. The van der Waals surface area contributed by atoms with Gasteiger partial charge in [0.25, 0.3) is 0 Å². The molecule has 0 saturated heterocycles. The lowest BCUT2D eigenvalue weighted by Crippen LogP contribution is -2.10. The highest BCUT2D eigenvalue weighted by Crippen LogP contribution is 2.13. The van der Waals surface area contributed by atoms with Gasteiger partial charge in [-0.1, -0.05) is 5.21 Å². The molecule has 0 fully saturated rings. The molecule has 0 aliphatic rings. The maximum atomic E-state index is 13.0. The second-order valence-electron chi connectivity index (χ2n) is 3.94. The summed E-state index contributed by atoms with van der Waals surface area (Å²) in [6, 6.07) is 4.02. The molecule has 1 aromatic heterocycles. The van der Waals surface area contributed by atoms with Crippen LogP contribution < -0.4 is 5.73 Å². The van der Waals surface area contributed by atoms with E-state index in [4.69, 9.17) is 5.73 Å². The summed E-state index contributed by atoms with van der Waals surface area (Å²) in [4.78, 5) is 12.1. The molecule has 1 heterocycles. The number of carbonyl (C=O) groups is 1. The molecule has 2 N–H and O–H groups in total. The molecule has 6 heteroatoms. The van der Waals surface area contributed by atoms with Crippen molar-refractivity contribution in [3.05, 3.63) is 47.0 Å². The standard InChI is InChI=1S/C12H13FN4O/c1-8-6-9(13)2-3-10(8)12(18)11-7-17(5-4-14)16-15-11/h2-3,6-7H,4-5,14H2,1H3. The number of benzene rings is 1. The Labute approximate surface area is 103 Å². The van der Waals surface area contributed by atoms with E-state index in [9.17, 15) is 9.18 Å². The zero-order chi connectivity index (χ0) is 13.1. The van der Waals surface area contributed by atoms with Gasteiger partial charge in [0.1, 0.15) is 5.82 Å².